The Kier molecular flexibility index (Phi) is 6.79. The Morgan fingerprint density at radius 1 is 1.16 bits per heavy atom. The Hall–Kier alpha value is -2.11. The summed E-state index contributed by atoms with van der Waals surface area (Å²) < 4.78 is 0. The maximum Gasteiger partial charge on any atom is 0.224 e. The molecule has 0 bridgehead atoms. The molecule has 0 spiro atoms. The van der Waals surface area contributed by atoms with E-state index in [4.69, 9.17) is 28.0 Å². The first-order valence-corrected chi connectivity index (χ1v) is 8.46. The van der Waals surface area contributed by atoms with Crippen molar-refractivity contribution in [3.63, 3.8) is 0 Å². The monoisotopic (exact) mass is 379 g/mol. The van der Waals surface area contributed by atoms with Crippen LogP contribution >= 0.6 is 23.2 Å². The van der Waals surface area contributed by atoms with E-state index in [1.54, 1.807) is 18.2 Å². The topological polar surface area (TPSA) is 63.6 Å². The number of anilines is 1. The molecule has 1 N–H and O–H groups in total. The molecule has 132 valence electrons. The zero-order valence-electron chi connectivity index (χ0n) is 14.3. The molecule has 0 atom stereocenters. The normalized spacial score (nSPS) is 11.3. The molecule has 0 saturated carbocycles. The third kappa shape index (κ3) is 5.44. The average Bonchev–Trinajstić information content (AvgIpc) is 2.56. The van der Waals surface area contributed by atoms with Crippen molar-refractivity contribution in [2.75, 3.05) is 12.4 Å². The number of hydrogen-bond acceptors (Lipinski definition) is 4. The Morgan fingerprint density at radius 2 is 1.92 bits per heavy atom. The van der Waals surface area contributed by atoms with Crippen LogP contribution in [-0.2, 0) is 9.63 Å². The van der Waals surface area contributed by atoms with Gasteiger partial charge in [-0.3, -0.25) is 9.78 Å². The van der Waals surface area contributed by atoms with E-state index in [2.05, 4.69) is 15.5 Å². The molecule has 0 aliphatic rings. The smallest absolute Gasteiger partial charge is 0.224 e. The first-order chi connectivity index (χ1) is 11.9. The number of hydrogen-bond donors (Lipinski definition) is 1. The predicted octanol–water partition coefficient (Wildman–Crippen LogP) is 4.77. The lowest BCUT2D eigenvalue weighted by Gasteiger charge is -2.10. The SMILES string of the molecule is CO/N=C(/CCC(=O)Nc1ccc(C)nc1C)c1ccc(Cl)c(Cl)c1. The second-order valence-electron chi connectivity index (χ2n) is 5.48. The number of carbonyl (C=O) groups excluding carboxylic acids is 1. The fourth-order valence-electron chi connectivity index (χ4n) is 2.29. The van der Waals surface area contributed by atoms with E-state index >= 15 is 0 Å². The van der Waals surface area contributed by atoms with Gasteiger partial charge in [0.1, 0.15) is 7.11 Å². The highest BCUT2D eigenvalue weighted by atomic mass is 35.5. The summed E-state index contributed by atoms with van der Waals surface area (Å²) in [6.45, 7) is 3.76. The van der Waals surface area contributed by atoms with Gasteiger partial charge in [0.25, 0.3) is 0 Å². The summed E-state index contributed by atoms with van der Waals surface area (Å²) in [4.78, 5) is 21.4. The standard InChI is InChI=1S/C18H19Cl2N3O2/c1-11-4-7-16(12(2)21-11)22-18(24)9-8-17(23-25-3)13-5-6-14(19)15(20)10-13/h4-7,10H,8-9H2,1-3H3,(H,22,24)/b23-17-. The first-order valence-electron chi connectivity index (χ1n) is 7.70. The summed E-state index contributed by atoms with van der Waals surface area (Å²) in [5.41, 5.74) is 3.77. The van der Waals surface area contributed by atoms with Crippen LogP contribution < -0.4 is 5.32 Å². The van der Waals surface area contributed by atoms with Gasteiger partial charge in [0.15, 0.2) is 0 Å². The quantitative estimate of drug-likeness (QED) is 0.580. The largest absolute Gasteiger partial charge is 0.399 e. The molecule has 2 rings (SSSR count). The summed E-state index contributed by atoms with van der Waals surface area (Å²) in [5.74, 6) is -0.127. The first kappa shape index (κ1) is 19.2. The van der Waals surface area contributed by atoms with Gasteiger partial charge in [0.05, 0.1) is 27.1 Å². The van der Waals surface area contributed by atoms with Crippen molar-refractivity contribution in [3.8, 4) is 0 Å². The van der Waals surface area contributed by atoms with Crippen molar-refractivity contribution in [2.24, 2.45) is 5.16 Å². The number of amides is 1. The van der Waals surface area contributed by atoms with Crippen LogP contribution in [0.15, 0.2) is 35.5 Å². The maximum atomic E-state index is 12.2. The van der Waals surface area contributed by atoms with E-state index in [1.165, 1.54) is 7.11 Å². The van der Waals surface area contributed by atoms with Crippen LogP contribution in [0.3, 0.4) is 0 Å². The molecular weight excluding hydrogens is 361 g/mol. The van der Waals surface area contributed by atoms with E-state index in [9.17, 15) is 4.79 Å². The molecule has 0 aliphatic heterocycles. The van der Waals surface area contributed by atoms with Crippen molar-refractivity contribution < 1.29 is 9.63 Å². The number of aryl methyl sites for hydroxylation is 2. The van der Waals surface area contributed by atoms with E-state index in [-0.39, 0.29) is 12.3 Å². The lowest BCUT2D eigenvalue weighted by Crippen LogP contribution is -2.15. The minimum atomic E-state index is -0.127. The van der Waals surface area contributed by atoms with Crippen LogP contribution in [0.2, 0.25) is 10.0 Å². The molecule has 7 heteroatoms. The molecule has 0 radical (unpaired) electrons. The average molecular weight is 380 g/mol. The number of pyridine rings is 1. The van der Waals surface area contributed by atoms with Crippen LogP contribution in [0.4, 0.5) is 5.69 Å². The van der Waals surface area contributed by atoms with Gasteiger partial charge in [-0.2, -0.15) is 0 Å². The van der Waals surface area contributed by atoms with Crippen LogP contribution in [0.5, 0.6) is 0 Å². The highest BCUT2D eigenvalue weighted by Crippen LogP contribution is 2.24. The van der Waals surface area contributed by atoms with Crippen LogP contribution in [-0.4, -0.2) is 23.7 Å². The number of nitrogens with zero attached hydrogens (tertiary/aromatic N) is 2. The summed E-state index contributed by atoms with van der Waals surface area (Å²) in [5, 5.41) is 7.74. The Balaban J connectivity index is 2.04. The third-order valence-electron chi connectivity index (χ3n) is 3.54. The molecule has 1 amide bonds. The maximum absolute atomic E-state index is 12.2. The van der Waals surface area contributed by atoms with Gasteiger partial charge < -0.3 is 10.2 Å². The number of aromatic nitrogens is 1. The van der Waals surface area contributed by atoms with Gasteiger partial charge in [0.2, 0.25) is 5.91 Å². The van der Waals surface area contributed by atoms with Gasteiger partial charge in [-0.25, -0.2) is 0 Å². The lowest BCUT2D eigenvalue weighted by atomic mass is 10.1. The molecule has 0 unspecified atom stereocenters. The van der Waals surface area contributed by atoms with Gasteiger partial charge in [-0.1, -0.05) is 34.4 Å². The highest BCUT2D eigenvalue weighted by molar-refractivity contribution is 6.42. The van der Waals surface area contributed by atoms with Crippen LogP contribution in [0.1, 0.15) is 29.8 Å². The molecule has 2 aromatic rings. The van der Waals surface area contributed by atoms with Gasteiger partial charge >= 0.3 is 0 Å². The molecule has 1 heterocycles. The van der Waals surface area contributed by atoms with E-state index < -0.39 is 0 Å². The molecule has 0 saturated heterocycles. The molecule has 25 heavy (non-hydrogen) atoms. The lowest BCUT2D eigenvalue weighted by molar-refractivity contribution is -0.116. The minimum Gasteiger partial charge on any atom is -0.399 e. The van der Waals surface area contributed by atoms with Crippen molar-refractivity contribution in [1.82, 2.24) is 4.98 Å². The number of halogens is 2. The van der Waals surface area contributed by atoms with Crippen molar-refractivity contribution >= 4 is 40.5 Å². The predicted molar refractivity (Wildman–Crippen MR) is 102 cm³/mol. The number of benzene rings is 1. The number of nitrogens with one attached hydrogen (secondary N) is 1. The van der Waals surface area contributed by atoms with E-state index in [0.29, 0.717) is 27.9 Å². The van der Waals surface area contributed by atoms with Gasteiger partial charge in [0, 0.05) is 24.1 Å². The summed E-state index contributed by atoms with van der Waals surface area (Å²) in [7, 11) is 1.46. The highest BCUT2D eigenvalue weighted by Gasteiger charge is 2.12. The summed E-state index contributed by atoms with van der Waals surface area (Å²) >= 11 is 12.0. The Morgan fingerprint density at radius 3 is 2.56 bits per heavy atom. The van der Waals surface area contributed by atoms with Crippen molar-refractivity contribution in [1.29, 1.82) is 0 Å². The molecular formula is C18H19Cl2N3O2. The Labute approximate surface area is 157 Å². The Bertz CT molecular complexity index is 807. The second kappa shape index (κ2) is 8.83. The van der Waals surface area contributed by atoms with Gasteiger partial charge in [-0.15, -0.1) is 0 Å². The van der Waals surface area contributed by atoms with E-state index in [0.717, 1.165) is 17.0 Å². The fraction of sp³-hybridized carbons (Fsp3) is 0.278. The van der Waals surface area contributed by atoms with Crippen molar-refractivity contribution in [2.45, 2.75) is 26.7 Å². The van der Waals surface area contributed by atoms with E-state index in [1.807, 2.05) is 26.0 Å². The summed E-state index contributed by atoms with van der Waals surface area (Å²) in [6.07, 6.45) is 0.645. The minimum absolute atomic E-state index is 0.127. The molecule has 1 aromatic carbocycles. The molecule has 0 aliphatic carbocycles. The third-order valence-corrected chi connectivity index (χ3v) is 4.28. The number of rotatable bonds is 6. The summed E-state index contributed by atoms with van der Waals surface area (Å²) in [6, 6.07) is 8.88. The fourth-order valence-corrected chi connectivity index (χ4v) is 2.59. The molecule has 0 fully saturated rings. The van der Waals surface area contributed by atoms with Crippen molar-refractivity contribution in [3.05, 3.63) is 57.3 Å². The number of oxime groups is 1. The molecule has 1 aromatic heterocycles. The second-order valence-corrected chi connectivity index (χ2v) is 6.30. The van der Waals surface area contributed by atoms with Crippen LogP contribution in [0, 0.1) is 13.8 Å². The van der Waals surface area contributed by atoms with Gasteiger partial charge in [-0.05, 0) is 38.1 Å². The zero-order valence-corrected chi connectivity index (χ0v) is 15.8. The molecule has 5 nitrogen and oxygen atoms in total. The number of carbonyl (C=O) groups is 1. The van der Waals surface area contributed by atoms with Crippen LogP contribution in [0.25, 0.3) is 0 Å². The zero-order chi connectivity index (χ0) is 18.4.